The van der Waals surface area contributed by atoms with Crippen molar-refractivity contribution in [3.8, 4) is 0 Å². The minimum Gasteiger partial charge on any atom is -0.347 e. The number of hydrogen-bond acceptors (Lipinski definition) is 3. The van der Waals surface area contributed by atoms with Gasteiger partial charge in [0.15, 0.2) is 0 Å². The van der Waals surface area contributed by atoms with Gasteiger partial charge < -0.3 is 10.3 Å². The van der Waals surface area contributed by atoms with Crippen LogP contribution >= 0.6 is 0 Å². The van der Waals surface area contributed by atoms with Gasteiger partial charge in [0.25, 0.3) is 0 Å². The zero-order valence-electron chi connectivity index (χ0n) is 14.2. The van der Waals surface area contributed by atoms with E-state index in [1.165, 1.54) is 16.5 Å². The first-order valence-corrected chi connectivity index (χ1v) is 8.51. The Kier molecular flexibility index (Phi) is 4.31. The van der Waals surface area contributed by atoms with Gasteiger partial charge in [-0.3, -0.25) is 4.68 Å². The number of aromatic amines is 1. The van der Waals surface area contributed by atoms with Crippen LogP contribution in [0.1, 0.15) is 23.1 Å². The third-order valence-electron chi connectivity index (χ3n) is 4.47. The van der Waals surface area contributed by atoms with E-state index in [4.69, 9.17) is 0 Å². The van der Waals surface area contributed by atoms with Gasteiger partial charge in [-0.1, -0.05) is 48.5 Å². The highest BCUT2D eigenvalue weighted by atomic mass is 15.3. The molecule has 0 amide bonds. The molecule has 0 saturated heterocycles. The SMILES string of the molecule is Cn1nc(CCNC(c2ccccc2)c2ncc[nH]2)c2ccccc21. The normalized spacial score (nSPS) is 12.5. The fourth-order valence-corrected chi connectivity index (χ4v) is 3.26. The predicted octanol–water partition coefficient (Wildman–Crippen LogP) is 3.22. The van der Waals surface area contributed by atoms with E-state index in [9.17, 15) is 0 Å². The van der Waals surface area contributed by atoms with E-state index in [0.29, 0.717) is 0 Å². The Labute approximate surface area is 146 Å². The number of para-hydroxylation sites is 1. The number of hydrogen-bond donors (Lipinski definition) is 2. The maximum absolute atomic E-state index is 4.68. The molecule has 1 atom stereocenters. The van der Waals surface area contributed by atoms with Gasteiger partial charge in [-0.25, -0.2) is 4.98 Å². The van der Waals surface area contributed by atoms with E-state index in [2.05, 4.69) is 62.8 Å². The van der Waals surface area contributed by atoms with Crippen LogP contribution in [0.4, 0.5) is 0 Å². The average Bonchev–Trinajstić information content (AvgIpc) is 3.29. The smallest absolute Gasteiger partial charge is 0.127 e. The summed E-state index contributed by atoms with van der Waals surface area (Å²) in [5.41, 5.74) is 3.49. The molecule has 1 unspecified atom stereocenters. The lowest BCUT2D eigenvalue weighted by Crippen LogP contribution is -2.25. The maximum atomic E-state index is 4.68. The lowest BCUT2D eigenvalue weighted by Gasteiger charge is -2.17. The Hall–Kier alpha value is -2.92. The third kappa shape index (κ3) is 3.19. The van der Waals surface area contributed by atoms with Gasteiger partial charge in [-0.15, -0.1) is 0 Å². The molecule has 0 aliphatic carbocycles. The van der Waals surface area contributed by atoms with Gasteiger partial charge >= 0.3 is 0 Å². The molecule has 2 N–H and O–H groups in total. The molecule has 0 aliphatic rings. The zero-order valence-corrected chi connectivity index (χ0v) is 14.2. The number of aryl methyl sites for hydroxylation is 1. The van der Waals surface area contributed by atoms with Crippen LogP contribution in [0.2, 0.25) is 0 Å². The molecule has 0 bridgehead atoms. The van der Waals surface area contributed by atoms with Crippen molar-refractivity contribution in [1.82, 2.24) is 25.1 Å². The maximum Gasteiger partial charge on any atom is 0.127 e. The number of benzene rings is 2. The van der Waals surface area contributed by atoms with Gasteiger partial charge in [-0.05, 0) is 11.6 Å². The van der Waals surface area contributed by atoms with Gasteiger partial charge in [0.2, 0.25) is 0 Å². The lowest BCUT2D eigenvalue weighted by molar-refractivity contribution is 0.578. The Morgan fingerprint density at radius 3 is 2.68 bits per heavy atom. The van der Waals surface area contributed by atoms with Gasteiger partial charge in [-0.2, -0.15) is 5.10 Å². The third-order valence-corrected chi connectivity index (χ3v) is 4.47. The van der Waals surface area contributed by atoms with Crippen molar-refractivity contribution >= 4 is 10.9 Å². The Morgan fingerprint density at radius 2 is 1.88 bits per heavy atom. The Bertz CT molecular complexity index is 941. The minimum atomic E-state index is 0.0474. The number of imidazole rings is 1. The summed E-state index contributed by atoms with van der Waals surface area (Å²) in [4.78, 5) is 7.66. The molecule has 0 aliphatic heterocycles. The zero-order chi connectivity index (χ0) is 17.1. The summed E-state index contributed by atoms with van der Waals surface area (Å²) in [7, 11) is 1.99. The first kappa shape index (κ1) is 15.6. The number of H-pyrrole nitrogens is 1. The molecular weight excluding hydrogens is 310 g/mol. The molecule has 0 radical (unpaired) electrons. The highest BCUT2D eigenvalue weighted by Crippen LogP contribution is 2.20. The van der Waals surface area contributed by atoms with E-state index >= 15 is 0 Å². The summed E-state index contributed by atoms with van der Waals surface area (Å²) in [5.74, 6) is 0.928. The highest BCUT2D eigenvalue weighted by molar-refractivity contribution is 5.81. The molecule has 0 fully saturated rings. The molecule has 2 heterocycles. The van der Waals surface area contributed by atoms with Crippen LogP contribution in [0.25, 0.3) is 10.9 Å². The van der Waals surface area contributed by atoms with Gasteiger partial charge in [0.1, 0.15) is 5.82 Å². The first-order chi connectivity index (χ1) is 12.3. The number of nitrogens with zero attached hydrogens (tertiary/aromatic N) is 3. The summed E-state index contributed by atoms with van der Waals surface area (Å²) in [6.45, 7) is 0.821. The standard InChI is InChI=1S/C20H21N5/c1-25-18-10-6-5-9-16(18)17(24-25)11-12-21-19(20-22-13-14-23-20)15-7-3-2-4-8-15/h2-10,13-14,19,21H,11-12H2,1H3,(H,22,23). The molecule has 5 nitrogen and oxygen atoms in total. The van der Waals surface area contributed by atoms with E-state index in [1.54, 1.807) is 6.20 Å². The molecule has 25 heavy (non-hydrogen) atoms. The largest absolute Gasteiger partial charge is 0.347 e. The van der Waals surface area contributed by atoms with Crippen LogP contribution in [0.5, 0.6) is 0 Å². The van der Waals surface area contributed by atoms with Crippen molar-refractivity contribution in [1.29, 1.82) is 0 Å². The molecule has 4 aromatic rings. The second-order valence-corrected chi connectivity index (χ2v) is 6.11. The van der Waals surface area contributed by atoms with Crippen LogP contribution in [0.3, 0.4) is 0 Å². The second kappa shape index (κ2) is 6.91. The highest BCUT2D eigenvalue weighted by Gasteiger charge is 2.16. The van der Waals surface area contributed by atoms with E-state index in [1.807, 2.05) is 30.1 Å². The quantitative estimate of drug-likeness (QED) is 0.570. The van der Waals surface area contributed by atoms with Crippen molar-refractivity contribution in [3.63, 3.8) is 0 Å². The summed E-state index contributed by atoms with van der Waals surface area (Å²) in [6.07, 6.45) is 4.52. The molecule has 4 rings (SSSR count). The molecule has 0 spiro atoms. The van der Waals surface area contributed by atoms with Crippen LogP contribution in [0, 0.1) is 0 Å². The number of fused-ring (bicyclic) bond motifs is 1. The topological polar surface area (TPSA) is 58.5 Å². The van der Waals surface area contributed by atoms with E-state index in [0.717, 1.165) is 24.5 Å². The van der Waals surface area contributed by atoms with Gasteiger partial charge in [0.05, 0.1) is 17.3 Å². The average molecular weight is 331 g/mol. The van der Waals surface area contributed by atoms with Crippen molar-refractivity contribution < 1.29 is 0 Å². The summed E-state index contributed by atoms with van der Waals surface area (Å²) in [6, 6.07) is 18.8. The molecule has 2 aromatic heterocycles. The monoisotopic (exact) mass is 331 g/mol. The predicted molar refractivity (Wildman–Crippen MR) is 99.3 cm³/mol. The second-order valence-electron chi connectivity index (χ2n) is 6.11. The summed E-state index contributed by atoms with van der Waals surface area (Å²) >= 11 is 0. The van der Waals surface area contributed by atoms with E-state index in [-0.39, 0.29) is 6.04 Å². The summed E-state index contributed by atoms with van der Waals surface area (Å²) < 4.78 is 1.95. The fraction of sp³-hybridized carbons (Fsp3) is 0.200. The fourth-order valence-electron chi connectivity index (χ4n) is 3.26. The molecular formula is C20H21N5. The molecule has 0 saturated carbocycles. The van der Waals surface area contributed by atoms with Crippen LogP contribution in [-0.2, 0) is 13.5 Å². The van der Waals surface area contributed by atoms with Crippen molar-refractivity contribution in [2.75, 3.05) is 6.54 Å². The molecule has 126 valence electrons. The molecule has 2 aromatic carbocycles. The van der Waals surface area contributed by atoms with Crippen LogP contribution in [-0.4, -0.2) is 26.3 Å². The lowest BCUT2D eigenvalue weighted by atomic mass is 10.1. The van der Waals surface area contributed by atoms with Crippen LogP contribution in [0.15, 0.2) is 67.0 Å². The first-order valence-electron chi connectivity index (χ1n) is 8.51. The van der Waals surface area contributed by atoms with Crippen molar-refractivity contribution in [2.45, 2.75) is 12.5 Å². The number of rotatable bonds is 6. The Morgan fingerprint density at radius 1 is 1.08 bits per heavy atom. The van der Waals surface area contributed by atoms with E-state index < -0.39 is 0 Å². The molecule has 5 heteroatoms. The Balaban J connectivity index is 1.52. The number of nitrogens with one attached hydrogen (secondary N) is 2. The van der Waals surface area contributed by atoms with Crippen LogP contribution < -0.4 is 5.32 Å². The number of aromatic nitrogens is 4. The van der Waals surface area contributed by atoms with Crippen molar-refractivity contribution in [3.05, 3.63) is 84.1 Å². The minimum absolute atomic E-state index is 0.0474. The summed E-state index contributed by atoms with van der Waals surface area (Å²) in [5, 5.41) is 9.52. The van der Waals surface area contributed by atoms with Crippen molar-refractivity contribution in [2.24, 2.45) is 7.05 Å². The van der Waals surface area contributed by atoms with Gasteiger partial charge in [0, 0.05) is 37.8 Å².